The lowest BCUT2D eigenvalue weighted by atomic mass is 10.3. The summed E-state index contributed by atoms with van der Waals surface area (Å²) in [5.74, 6) is 0.705. The molecule has 1 heterocycles. The van der Waals surface area contributed by atoms with Crippen LogP contribution in [-0.4, -0.2) is 11.5 Å². The van der Waals surface area contributed by atoms with E-state index in [-0.39, 0.29) is 0 Å². The molecule has 102 valence electrons. The lowest BCUT2D eigenvalue weighted by Crippen LogP contribution is -2.21. The Labute approximate surface area is 117 Å². The van der Waals surface area contributed by atoms with E-state index in [1.807, 2.05) is 36.4 Å². The highest BCUT2D eigenvalue weighted by atomic mass is 16.3. The van der Waals surface area contributed by atoms with Crippen LogP contribution in [0, 0.1) is 0 Å². The molecule has 0 radical (unpaired) electrons. The Morgan fingerprint density at radius 3 is 2.70 bits per heavy atom. The first-order valence-corrected chi connectivity index (χ1v) is 6.71. The van der Waals surface area contributed by atoms with Crippen LogP contribution in [0.3, 0.4) is 0 Å². The number of para-hydroxylation sites is 1. The van der Waals surface area contributed by atoms with Crippen molar-refractivity contribution in [2.75, 3.05) is 17.2 Å². The lowest BCUT2D eigenvalue weighted by Gasteiger charge is -2.21. The largest absolute Gasteiger partial charge is 0.439 e. The molecule has 2 N–H and O–H groups in total. The van der Waals surface area contributed by atoms with Gasteiger partial charge < -0.3 is 15.1 Å². The van der Waals surface area contributed by atoms with Gasteiger partial charge >= 0.3 is 0 Å². The molecule has 0 fully saturated rings. The molecule has 1 aromatic heterocycles. The van der Waals surface area contributed by atoms with Gasteiger partial charge in [-0.05, 0) is 37.3 Å². The fourth-order valence-corrected chi connectivity index (χ4v) is 2.25. The topological polar surface area (TPSA) is 55.3 Å². The molecule has 0 bridgehead atoms. The third-order valence-corrected chi connectivity index (χ3v) is 3.29. The Hall–Kier alpha value is -2.49. The third kappa shape index (κ3) is 2.45. The summed E-state index contributed by atoms with van der Waals surface area (Å²) in [6.07, 6.45) is 0. The van der Waals surface area contributed by atoms with Gasteiger partial charge in [0.05, 0.1) is 6.54 Å². The molecule has 0 saturated carbocycles. The van der Waals surface area contributed by atoms with Gasteiger partial charge in [-0.2, -0.15) is 0 Å². The number of hydrogen-bond acceptors (Lipinski definition) is 4. The first-order chi connectivity index (χ1) is 9.76. The van der Waals surface area contributed by atoms with Crippen LogP contribution < -0.4 is 10.6 Å². The van der Waals surface area contributed by atoms with E-state index in [1.54, 1.807) is 0 Å². The van der Waals surface area contributed by atoms with Gasteiger partial charge in [-0.15, -0.1) is 0 Å². The number of oxazole rings is 1. The lowest BCUT2D eigenvalue weighted by molar-refractivity contribution is 0.522. The van der Waals surface area contributed by atoms with E-state index in [0.717, 1.165) is 23.3 Å². The molecule has 0 aliphatic heterocycles. The van der Waals surface area contributed by atoms with Gasteiger partial charge in [-0.25, -0.2) is 4.98 Å². The summed E-state index contributed by atoms with van der Waals surface area (Å²) in [7, 11) is 0. The molecule has 0 aliphatic rings. The number of nitrogens with two attached hydrogens (primary N) is 1. The van der Waals surface area contributed by atoms with Crippen molar-refractivity contribution in [3.63, 3.8) is 0 Å². The van der Waals surface area contributed by atoms with Crippen LogP contribution in [0.15, 0.2) is 52.9 Å². The Balaban J connectivity index is 1.87. The van der Waals surface area contributed by atoms with E-state index in [0.29, 0.717) is 18.1 Å². The maximum Gasteiger partial charge on any atom is 0.215 e. The fourth-order valence-electron chi connectivity index (χ4n) is 2.25. The Kier molecular flexibility index (Phi) is 3.29. The van der Waals surface area contributed by atoms with Crippen molar-refractivity contribution in [3.05, 3.63) is 54.4 Å². The van der Waals surface area contributed by atoms with Gasteiger partial charge in [0.2, 0.25) is 5.89 Å². The number of rotatable bonds is 4. The maximum absolute atomic E-state index is 5.77. The molecule has 3 rings (SSSR count). The molecular formula is C16H17N3O. The van der Waals surface area contributed by atoms with Crippen LogP contribution in [0.1, 0.15) is 12.8 Å². The third-order valence-electron chi connectivity index (χ3n) is 3.29. The van der Waals surface area contributed by atoms with E-state index < -0.39 is 0 Å². The molecule has 0 amide bonds. The van der Waals surface area contributed by atoms with Crippen molar-refractivity contribution in [3.8, 4) is 0 Å². The van der Waals surface area contributed by atoms with E-state index in [2.05, 4.69) is 28.9 Å². The van der Waals surface area contributed by atoms with Gasteiger partial charge in [0.15, 0.2) is 5.58 Å². The summed E-state index contributed by atoms with van der Waals surface area (Å²) in [6, 6.07) is 15.8. The minimum absolute atomic E-state index is 0.648. The number of nitrogen functional groups attached to an aromatic ring is 1. The molecule has 0 saturated heterocycles. The summed E-state index contributed by atoms with van der Waals surface area (Å²) in [4.78, 5) is 6.71. The van der Waals surface area contributed by atoms with Gasteiger partial charge in [-0.3, -0.25) is 0 Å². The van der Waals surface area contributed by atoms with Crippen molar-refractivity contribution in [2.45, 2.75) is 13.5 Å². The van der Waals surface area contributed by atoms with Crippen LogP contribution >= 0.6 is 0 Å². The van der Waals surface area contributed by atoms with E-state index in [1.165, 1.54) is 0 Å². The van der Waals surface area contributed by atoms with Crippen LogP contribution in [-0.2, 0) is 6.54 Å². The van der Waals surface area contributed by atoms with Crippen molar-refractivity contribution in [2.24, 2.45) is 0 Å². The molecule has 0 spiro atoms. The normalized spacial score (nSPS) is 10.8. The monoisotopic (exact) mass is 267 g/mol. The van der Waals surface area contributed by atoms with E-state index >= 15 is 0 Å². The number of anilines is 2. The average molecular weight is 267 g/mol. The minimum Gasteiger partial charge on any atom is -0.439 e. The van der Waals surface area contributed by atoms with Gasteiger partial charge in [-0.1, -0.05) is 18.2 Å². The second-order valence-electron chi connectivity index (χ2n) is 4.68. The Morgan fingerprint density at radius 2 is 1.95 bits per heavy atom. The standard InChI is InChI=1S/C16H17N3O/c1-2-19(13-6-4-3-5-7-13)11-16-18-14-10-12(17)8-9-15(14)20-16/h3-10H,2,11,17H2,1H3. The van der Waals surface area contributed by atoms with Gasteiger partial charge in [0.25, 0.3) is 0 Å². The van der Waals surface area contributed by atoms with Crippen molar-refractivity contribution in [1.29, 1.82) is 0 Å². The molecule has 4 heteroatoms. The zero-order chi connectivity index (χ0) is 13.9. The number of aromatic nitrogens is 1. The second kappa shape index (κ2) is 5.25. The number of nitrogens with zero attached hydrogens (tertiary/aromatic N) is 2. The molecule has 20 heavy (non-hydrogen) atoms. The minimum atomic E-state index is 0.648. The molecule has 4 nitrogen and oxygen atoms in total. The number of hydrogen-bond donors (Lipinski definition) is 1. The highest BCUT2D eigenvalue weighted by Gasteiger charge is 2.11. The number of fused-ring (bicyclic) bond motifs is 1. The van der Waals surface area contributed by atoms with Crippen molar-refractivity contribution < 1.29 is 4.42 Å². The first kappa shape index (κ1) is 12.5. The average Bonchev–Trinajstić information content (AvgIpc) is 2.87. The molecule has 2 aromatic carbocycles. The Morgan fingerprint density at radius 1 is 1.15 bits per heavy atom. The zero-order valence-electron chi connectivity index (χ0n) is 11.4. The smallest absolute Gasteiger partial charge is 0.215 e. The summed E-state index contributed by atoms with van der Waals surface area (Å²) < 4.78 is 5.77. The maximum atomic E-state index is 5.77. The van der Waals surface area contributed by atoms with Crippen molar-refractivity contribution in [1.82, 2.24) is 4.98 Å². The van der Waals surface area contributed by atoms with Crippen LogP contribution in [0.5, 0.6) is 0 Å². The van der Waals surface area contributed by atoms with Gasteiger partial charge in [0, 0.05) is 17.9 Å². The number of benzene rings is 2. The Bertz CT molecular complexity index is 706. The first-order valence-electron chi connectivity index (χ1n) is 6.71. The van der Waals surface area contributed by atoms with Crippen LogP contribution in [0.4, 0.5) is 11.4 Å². The van der Waals surface area contributed by atoms with Gasteiger partial charge in [0.1, 0.15) is 5.52 Å². The molecular weight excluding hydrogens is 250 g/mol. The molecule has 3 aromatic rings. The predicted molar refractivity (Wildman–Crippen MR) is 81.6 cm³/mol. The summed E-state index contributed by atoms with van der Waals surface area (Å²) in [5, 5.41) is 0. The predicted octanol–water partition coefficient (Wildman–Crippen LogP) is 3.44. The van der Waals surface area contributed by atoms with E-state index in [4.69, 9.17) is 10.2 Å². The highest BCUT2D eigenvalue weighted by molar-refractivity contribution is 5.76. The fraction of sp³-hybridized carbons (Fsp3) is 0.188. The van der Waals surface area contributed by atoms with Crippen LogP contribution in [0.2, 0.25) is 0 Å². The summed E-state index contributed by atoms with van der Waals surface area (Å²) >= 11 is 0. The van der Waals surface area contributed by atoms with E-state index in [9.17, 15) is 0 Å². The molecule has 0 aliphatic carbocycles. The van der Waals surface area contributed by atoms with Crippen molar-refractivity contribution >= 4 is 22.5 Å². The highest BCUT2D eigenvalue weighted by Crippen LogP contribution is 2.21. The SMILES string of the molecule is CCN(Cc1nc2cc(N)ccc2o1)c1ccccc1. The quantitative estimate of drug-likeness (QED) is 0.736. The van der Waals surface area contributed by atoms with Crippen LogP contribution in [0.25, 0.3) is 11.1 Å². The summed E-state index contributed by atoms with van der Waals surface area (Å²) in [5.41, 5.74) is 9.21. The molecule has 0 unspecified atom stereocenters. The molecule has 0 atom stereocenters. The summed E-state index contributed by atoms with van der Waals surface area (Å²) in [6.45, 7) is 3.66. The second-order valence-corrected chi connectivity index (χ2v) is 4.68. The zero-order valence-corrected chi connectivity index (χ0v) is 11.4.